The van der Waals surface area contributed by atoms with Gasteiger partial charge in [0.2, 0.25) is 11.8 Å². The van der Waals surface area contributed by atoms with Crippen LogP contribution in [0.1, 0.15) is 13.8 Å². The highest BCUT2D eigenvalue weighted by atomic mass is 16.7. The van der Waals surface area contributed by atoms with Crippen molar-refractivity contribution >= 4 is 11.8 Å². The molecule has 13 nitrogen and oxygen atoms in total. The molecule has 0 aromatic carbocycles. The summed E-state index contributed by atoms with van der Waals surface area (Å²) in [5.74, 6) is -1.14. The van der Waals surface area contributed by atoms with Crippen LogP contribution in [0.5, 0.6) is 0 Å². The molecule has 1 aliphatic heterocycles. The first-order chi connectivity index (χ1) is 13.5. The zero-order chi connectivity index (χ0) is 22.3. The van der Waals surface area contributed by atoms with Gasteiger partial charge in [-0.3, -0.25) is 9.59 Å². The van der Waals surface area contributed by atoms with Crippen LogP contribution in [0, 0.1) is 0 Å². The van der Waals surface area contributed by atoms with Gasteiger partial charge in [0.1, 0.15) is 42.7 Å². The molecule has 0 spiro atoms. The summed E-state index contributed by atoms with van der Waals surface area (Å²) >= 11 is 0. The molecule has 1 unspecified atom stereocenters. The monoisotopic (exact) mass is 426 g/mol. The van der Waals surface area contributed by atoms with Gasteiger partial charge >= 0.3 is 0 Å². The lowest BCUT2D eigenvalue weighted by molar-refractivity contribution is -0.277. The van der Waals surface area contributed by atoms with Gasteiger partial charge in [0.25, 0.3) is 0 Å². The normalized spacial score (nSPS) is 31.4. The van der Waals surface area contributed by atoms with Crippen molar-refractivity contribution in [3.63, 3.8) is 0 Å². The van der Waals surface area contributed by atoms with Gasteiger partial charge in [-0.25, -0.2) is 0 Å². The first-order valence-corrected chi connectivity index (χ1v) is 8.96. The molecule has 9 N–H and O–H groups in total. The third-order valence-electron chi connectivity index (χ3n) is 4.42. The highest BCUT2D eigenvalue weighted by Crippen LogP contribution is 2.22. The number of hydrogen-bond acceptors (Lipinski definition) is 11. The second-order valence-corrected chi connectivity index (χ2v) is 6.80. The van der Waals surface area contributed by atoms with Gasteiger partial charge in [-0.15, -0.1) is 0 Å². The topological polar surface area (TPSA) is 218 Å². The molecule has 170 valence electrons. The van der Waals surface area contributed by atoms with Crippen LogP contribution in [0.2, 0.25) is 0 Å². The lowest BCUT2D eigenvalue weighted by atomic mass is 9.97. The lowest BCUT2D eigenvalue weighted by Gasteiger charge is -2.42. The summed E-state index contributed by atoms with van der Waals surface area (Å²) in [6, 6.07) is -2.49. The van der Waals surface area contributed by atoms with E-state index in [1.54, 1.807) is 0 Å². The molecule has 1 saturated heterocycles. The Morgan fingerprint density at radius 1 is 1.03 bits per heavy atom. The van der Waals surface area contributed by atoms with Crippen LogP contribution in [-0.2, 0) is 19.1 Å². The summed E-state index contributed by atoms with van der Waals surface area (Å²) in [6.07, 6.45) is -11.0. The zero-order valence-corrected chi connectivity index (χ0v) is 16.1. The first-order valence-electron chi connectivity index (χ1n) is 8.96. The first kappa shape index (κ1) is 25.6. The Balaban J connectivity index is 2.77. The highest BCUT2D eigenvalue weighted by molar-refractivity contribution is 5.73. The van der Waals surface area contributed by atoms with Crippen LogP contribution >= 0.6 is 0 Å². The van der Waals surface area contributed by atoms with Crippen LogP contribution in [0.3, 0.4) is 0 Å². The summed E-state index contributed by atoms with van der Waals surface area (Å²) in [4.78, 5) is 22.4. The minimum absolute atomic E-state index is 0.571. The van der Waals surface area contributed by atoms with E-state index in [4.69, 9.17) is 9.47 Å². The van der Waals surface area contributed by atoms with Crippen LogP contribution in [0.25, 0.3) is 0 Å². The molecule has 0 bridgehead atoms. The molecule has 0 aromatic rings. The molecule has 1 aliphatic rings. The number of aliphatic hydroxyl groups excluding tert-OH is 7. The Morgan fingerprint density at radius 3 is 2.14 bits per heavy atom. The van der Waals surface area contributed by atoms with Gasteiger partial charge in [-0.1, -0.05) is 0 Å². The van der Waals surface area contributed by atoms with Crippen LogP contribution in [-0.4, -0.2) is 122 Å². The van der Waals surface area contributed by atoms with E-state index in [1.807, 2.05) is 0 Å². The number of carbonyl (C=O) groups excluding carboxylic acids is 2. The molecule has 0 radical (unpaired) electrons. The van der Waals surface area contributed by atoms with Crippen molar-refractivity contribution in [2.24, 2.45) is 0 Å². The minimum atomic E-state index is -1.84. The van der Waals surface area contributed by atoms with Crippen molar-refractivity contribution in [3.05, 3.63) is 0 Å². The van der Waals surface area contributed by atoms with Gasteiger partial charge in [0.05, 0.1) is 25.9 Å². The SMILES string of the molecule is CC(=O)N[C@@H](CO)[C@@H](O)[C@@H](O)[C@H](O)COC1O[C@H](CO)[C@@H](O)[C@H](O)[C@H]1NC(C)=O. The van der Waals surface area contributed by atoms with E-state index in [2.05, 4.69) is 10.6 Å². The summed E-state index contributed by atoms with van der Waals surface area (Å²) in [5.41, 5.74) is 0. The predicted molar refractivity (Wildman–Crippen MR) is 94.0 cm³/mol. The maximum atomic E-state index is 11.3. The van der Waals surface area contributed by atoms with Crippen molar-refractivity contribution in [2.75, 3.05) is 19.8 Å². The molecule has 0 aliphatic carbocycles. The number of ether oxygens (including phenoxy) is 2. The second kappa shape index (κ2) is 11.7. The molecular weight excluding hydrogens is 396 g/mol. The lowest BCUT2D eigenvalue weighted by Crippen LogP contribution is -2.65. The molecule has 29 heavy (non-hydrogen) atoms. The quantitative estimate of drug-likeness (QED) is 0.160. The number of nitrogens with one attached hydrogen (secondary N) is 2. The Morgan fingerprint density at radius 2 is 1.66 bits per heavy atom. The number of rotatable bonds is 10. The molecule has 0 aromatic heterocycles. The fourth-order valence-electron chi connectivity index (χ4n) is 2.87. The molecule has 1 heterocycles. The zero-order valence-electron chi connectivity index (χ0n) is 16.1. The number of carbonyl (C=O) groups is 2. The van der Waals surface area contributed by atoms with Crippen LogP contribution in [0.15, 0.2) is 0 Å². The van der Waals surface area contributed by atoms with Gasteiger partial charge in [-0.2, -0.15) is 0 Å². The van der Waals surface area contributed by atoms with E-state index in [0.717, 1.165) is 13.8 Å². The number of hydrogen-bond donors (Lipinski definition) is 9. The number of aliphatic hydroxyl groups is 7. The highest BCUT2D eigenvalue weighted by Gasteiger charge is 2.45. The summed E-state index contributed by atoms with van der Waals surface area (Å²) in [6.45, 7) is 0.271. The molecular formula is C16H30N2O11. The minimum Gasteiger partial charge on any atom is -0.394 e. The molecule has 2 amide bonds. The maximum absolute atomic E-state index is 11.3. The third kappa shape index (κ3) is 7.09. The van der Waals surface area contributed by atoms with E-state index in [9.17, 15) is 45.3 Å². The van der Waals surface area contributed by atoms with E-state index in [0.29, 0.717) is 0 Å². The smallest absolute Gasteiger partial charge is 0.217 e. The summed E-state index contributed by atoms with van der Waals surface area (Å²) in [7, 11) is 0. The fourth-order valence-corrected chi connectivity index (χ4v) is 2.87. The molecule has 1 rings (SSSR count). The van der Waals surface area contributed by atoms with Crippen LogP contribution < -0.4 is 10.6 Å². The van der Waals surface area contributed by atoms with E-state index < -0.39 is 86.6 Å². The van der Waals surface area contributed by atoms with Crippen molar-refractivity contribution in [1.82, 2.24) is 10.6 Å². The average Bonchev–Trinajstić information content (AvgIpc) is 2.67. The van der Waals surface area contributed by atoms with Crippen LogP contribution in [0.4, 0.5) is 0 Å². The van der Waals surface area contributed by atoms with E-state index in [-0.39, 0.29) is 0 Å². The van der Waals surface area contributed by atoms with Gasteiger partial charge < -0.3 is 55.9 Å². The van der Waals surface area contributed by atoms with Crippen molar-refractivity contribution in [2.45, 2.75) is 68.8 Å². The van der Waals surface area contributed by atoms with E-state index in [1.165, 1.54) is 0 Å². The number of amides is 2. The summed E-state index contributed by atoms with van der Waals surface area (Å²) in [5, 5.41) is 73.2. The molecule has 1 fully saturated rings. The van der Waals surface area contributed by atoms with Gasteiger partial charge in [-0.05, 0) is 0 Å². The van der Waals surface area contributed by atoms with Gasteiger partial charge in [0, 0.05) is 13.8 Å². The standard InChI is InChI=1S/C16H30N2O11/c1-6(21)17-8(3-19)12(24)13(25)9(23)5-28-16-11(18-7(2)22)15(27)14(26)10(4-20)29-16/h8-16,19-20,23-27H,3-5H2,1-2H3,(H,17,21)(H,18,22)/t8-,9+,10+,11+,12+,13-,14+,15+,16?/m0/s1. The Bertz CT molecular complexity index is 537. The van der Waals surface area contributed by atoms with Crippen molar-refractivity contribution in [1.29, 1.82) is 0 Å². The van der Waals surface area contributed by atoms with Gasteiger partial charge in [0.15, 0.2) is 6.29 Å². The van der Waals surface area contributed by atoms with E-state index >= 15 is 0 Å². The summed E-state index contributed by atoms with van der Waals surface area (Å²) < 4.78 is 10.6. The van der Waals surface area contributed by atoms with Crippen molar-refractivity contribution < 1.29 is 54.8 Å². The molecule has 0 saturated carbocycles. The largest absolute Gasteiger partial charge is 0.394 e. The average molecular weight is 426 g/mol. The maximum Gasteiger partial charge on any atom is 0.217 e. The Kier molecular flexibility index (Phi) is 10.3. The Labute approximate surface area is 166 Å². The third-order valence-corrected chi connectivity index (χ3v) is 4.42. The second-order valence-electron chi connectivity index (χ2n) is 6.80. The predicted octanol–water partition coefficient (Wildman–Crippen LogP) is -5.47. The molecule has 13 heteroatoms. The fraction of sp³-hybridized carbons (Fsp3) is 0.875. The van der Waals surface area contributed by atoms with Crippen molar-refractivity contribution in [3.8, 4) is 0 Å². The molecule has 9 atom stereocenters. The Hall–Kier alpha value is -1.42.